The molecule has 0 aliphatic heterocycles. The van der Waals surface area contributed by atoms with Crippen molar-refractivity contribution in [3.63, 3.8) is 0 Å². The minimum absolute atomic E-state index is 0.243. The number of benzene rings is 2. The molecule has 0 aliphatic rings. The molecule has 2 heteroatoms. The number of aromatic hydroxyl groups is 1. The fourth-order valence-corrected chi connectivity index (χ4v) is 3.10. The maximum absolute atomic E-state index is 9.72. The van der Waals surface area contributed by atoms with Crippen molar-refractivity contribution in [1.82, 2.24) is 4.90 Å². The number of allylic oxidation sites excluding steroid dienone is 1. The molecule has 0 aromatic heterocycles. The van der Waals surface area contributed by atoms with Crippen LogP contribution in [0.2, 0.25) is 0 Å². The number of phenols is 1. The number of hydrogen-bond donors (Lipinski definition) is 1. The standard InChI is InChI=1S/C21H27NO/c1-4-21(19-12-9-13-20(23)14-19)17(3)15-22(5-2)16-18-10-7-6-8-11-18/h4,6-14,17,21,23H,1,5,15-16H2,2-3H3/t17-,21+/m0/s1. The molecule has 2 nitrogen and oxygen atoms in total. The highest BCUT2D eigenvalue weighted by atomic mass is 16.3. The van der Waals surface area contributed by atoms with Gasteiger partial charge in [0.15, 0.2) is 0 Å². The van der Waals surface area contributed by atoms with Crippen LogP contribution in [0.15, 0.2) is 67.3 Å². The summed E-state index contributed by atoms with van der Waals surface area (Å²) < 4.78 is 0. The van der Waals surface area contributed by atoms with Crippen LogP contribution >= 0.6 is 0 Å². The molecule has 0 amide bonds. The Labute approximate surface area is 140 Å². The average molecular weight is 309 g/mol. The Morgan fingerprint density at radius 1 is 1.13 bits per heavy atom. The fourth-order valence-electron chi connectivity index (χ4n) is 3.10. The van der Waals surface area contributed by atoms with Gasteiger partial charge in [0.25, 0.3) is 0 Å². The van der Waals surface area contributed by atoms with Crippen molar-refractivity contribution in [2.75, 3.05) is 13.1 Å². The number of rotatable bonds is 8. The minimum Gasteiger partial charge on any atom is -0.508 e. The van der Waals surface area contributed by atoms with Gasteiger partial charge in [-0.1, -0.05) is 62.4 Å². The van der Waals surface area contributed by atoms with Crippen molar-refractivity contribution in [3.05, 3.63) is 78.4 Å². The first-order valence-corrected chi connectivity index (χ1v) is 8.31. The van der Waals surface area contributed by atoms with Crippen molar-refractivity contribution >= 4 is 0 Å². The van der Waals surface area contributed by atoms with Crippen molar-refractivity contribution in [2.45, 2.75) is 26.3 Å². The summed E-state index contributed by atoms with van der Waals surface area (Å²) >= 11 is 0. The molecule has 2 aromatic rings. The van der Waals surface area contributed by atoms with E-state index in [2.05, 4.69) is 61.7 Å². The van der Waals surface area contributed by atoms with Crippen molar-refractivity contribution in [2.24, 2.45) is 5.92 Å². The molecule has 2 atom stereocenters. The third-order valence-electron chi connectivity index (χ3n) is 4.36. The fraction of sp³-hybridized carbons (Fsp3) is 0.333. The SMILES string of the molecule is C=C[C@@H](c1cccc(O)c1)[C@@H](C)CN(CC)Cc1ccccc1. The van der Waals surface area contributed by atoms with Crippen LogP contribution in [0.4, 0.5) is 0 Å². The maximum atomic E-state index is 9.72. The lowest BCUT2D eigenvalue weighted by Gasteiger charge is -2.28. The van der Waals surface area contributed by atoms with Crippen LogP contribution in [0.25, 0.3) is 0 Å². The maximum Gasteiger partial charge on any atom is 0.115 e. The summed E-state index contributed by atoms with van der Waals surface area (Å²) in [7, 11) is 0. The monoisotopic (exact) mass is 309 g/mol. The van der Waals surface area contributed by atoms with E-state index in [4.69, 9.17) is 0 Å². The molecule has 0 unspecified atom stereocenters. The van der Waals surface area contributed by atoms with Crippen LogP contribution in [0.1, 0.15) is 30.9 Å². The normalized spacial score (nSPS) is 13.7. The summed E-state index contributed by atoms with van der Waals surface area (Å²) in [6.07, 6.45) is 2.00. The summed E-state index contributed by atoms with van der Waals surface area (Å²) in [4.78, 5) is 2.46. The topological polar surface area (TPSA) is 23.5 Å². The van der Waals surface area contributed by atoms with E-state index in [-0.39, 0.29) is 5.92 Å². The number of nitrogens with zero attached hydrogens (tertiary/aromatic N) is 1. The minimum atomic E-state index is 0.243. The van der Waals surface area contributed by atoms with E-state index in [1.165, 1.54) is 5.56 Å². The van der Waals surface area contributed by atoms with Gasteiger partial charge in [0.1, 0.15) is 5.75 Å². The zero-order chi connectivity index (χ0) is 16.7. The van der Waals surface area contributed by atoms with Gasteiger partial charge < -0.3 is 5.11 Å². The second-order valence-electron chi connectivity index (χ2n) is 6.15. The lowest BCUT2D eigenvalue weighted by atomic mass is 9.86. The molecule has 0 saturated heterocycles. The van der Waals surface area contributed by atoms with Crippen LogP contribution in [-0.4, -0.2) is 23.1 Å². The number of hydrogen-bond acceptors (Lipinski definition) is 2. The third-order valence-corrected chi connectivity index (χ3v) is 4.36. The van der Waals surface area contributed by atoms with Crippen LogP contribution in [0.5, 0.6) is 5.75 Å². The average Bonchev–Trinajstić information content (AvgIpc) is 2.56. The molecular weight excluding hydrogens is 282 g/mol. The predicted molar refractivity (Wildman–Crippen MR) is 97.6 cm³/mol. The van der Waals surface area contributed by atoms with E-state index in [0.29, 0.717) is 11.7 Å². The summed E-state index contributed by atoms with van der Waals surface area (Å²) in [5.74, 6) is 0.989. The van der Waals surface area contributed by atoms with Crippen molar-refractivity contribution in [1.29, 1.82) is 0 Å². The molecule has 0 heterocycles. The van der Waals surface area contributed by atoms with Crippen LogP contribution in [-0.2, 0) is 6.54 Å². The molecule has 23 heavy (non-hydrogen) atoms. The van der Waals surface area contributed by atoms with Crippen molar-refractivity contribution in [3.8, 4) is 5.75 Å². The highest BCUT2D eigenvalue weighted by Crippen LogP contribution is 2.29. The second kappa shape index (κ2) is 8.54. The first kappa shape index (κ1) is 17.3. The van der Waals surface area contributed by atoms with Crippen molar-refractivity contribution < 1.29 is 5.11 Å². The first-order chi connectivity index (χ1) is 11.1. The van der Waals surface area contributed by atoms with Gasteiger partial charge in [0.05, 0.1) is 0 Å². The van der Waals surface area contributed by atoms with Gasteiger partial charge >= 0.3 is 0 Å². The second-order valence-corrected chi connectivity index (χ2v) is 6.15. The molecule has 1 N–H and O–H groups in total. The quantitative estimate of drug-likeness (QED) is 0.707. The Hall–Kier alpha value is -2.06. The molecule has 122 valence electrons. The van der Waals surface area contributed by atoms with E-state index < -0.39 is 0 Å². The van der Waals surface area contributed by atoms with Gasteiger partial charge in [-0.15, -0.1) is 6.58 Å². The van der Waals surface area contributed by atoms with Gasteiger partial charge in [-0.05, 0) is 35.7 Å². The molecule has 0 bridgehead atoms. The summed E-state index contributed by atoms with van der Waals surface area (Å²) in [5, 5.41) is 9.72. The highest BCUT2D eigenvalue weighted by Gasteiger charge is 2.19. The molecule has 2 aromatic carbocycles. The first-order valence-electron chi connectivity index (χ1n) is 8.31. The van der Waals surface area contributed by atoms with E-state index >= 15 is 0 Å². The molecule has 0 saturated carbocycles. The van der Waals surface area contributed by atoms with Gasteiger partial charge in [-0.2, -0.15) is 0 Å². The van der Waals surface area contributed by atoms with Gasteiger partial charge in [-0.3, -0.25) is 4.90 Å². The molecule has 0 fully saturated rings. The highest BCUT2D eigenvalue weighted by molar-refractivity contribution is 5.32. The van der Waals surface area contributed by atoms with Crippen LogP contribution in [0.3, 0.4) is 0 Å². The van der Waals surface area contributed by atoms with E-state index in [0.717, 1.165) is 25.2 Å². The molecular formula is C21H27NO. The smallest absolute Gasteiger partial charge is 0.115 e. The Morgan fingerprint density at radius 3 is 2.48 bits per heavy atom. The summed E-state index contributed by atoms with van der Waals surface area (Å²) in [6.45, 7) is 11.4. The molecule has 0 spiro atoms. The Kier molecular flexibility index (Phi) is 6.42. The lowest BCUT2D eigenvalue weighted by Crippen LogP contribution is -2.30. The van der Waals surface area contributed by atoms with Gasteiger partial charge in [0.2, 0.25) is 0 Å². The third kappa shape index (κ3) is 4.97. The van der Waals surface area contributed by atoms with E-state index in [9.17, 15) is 5.11 Å². The van der Waals surface area contributed by atoms with Crippen LogP contribution < -0.4 is 0 Å². The lowest BCUT2D eigenvalue weighted by molar-refractivity contribution is 0.232. The number of phenolic OH excluding ortho intramolecular Hbond substituents is 1. The Bertz CT molecular complexity index is 608. The zero-order valence-corrected chi connectivity index (χ0v) is 14.2. The Morgan fingerprint density at radius 2 is 1.87 bits per heavy atom. The predicted octanol–water partition coefficient (Wildman–Crippen LogP) is 4.82. The molecule has 0 radical (unpaired) electrons. The zero-order valence-electron chi connectivity index (χ0n) is 14.2. The largest absolute Gasteiger partial charge is 0.508 e. The molecule has 2 rings (SSSR count). The summed E-state index contributed by atoms with van der Waals surface area (Å²) in [5.41, 5.74) is 2.47. The van der Waals surface area contributed by atoms with E-state index in [1.54, 1.807) is 6.07 Å². The van der Waals surface area contributed by atoms with Gasteiger partial charge in [-0.25, -0.2) is 0 Å². The van der Waals surface area contributed by atoms with E-state index in [1.807, 2.05) is 18.2 Å². The summed E-state index contributed by atoms with van der Waals surface area (Å²) in [6, 6.07) is 18.1. The van der Waals surface area contributed by atoms with Crippen LogP contribution in [0, 0.1) is 5.92 Å². The molecule has 0 aliphatic carbocycles. The Balaban J connectivity index is 2.05. The van der Waals surface area contributed by atoms with Gasteiger partial charge in [0, 0.05) is 19.0 Å².